The number of thiophene rings is 1. The van der Waals surface area contributed by atoms with Gasteiger partial charge in [0, 0.05) is 33.7 Å². The van der Waals surface area contributed by atoms with Gasteiger partial charge in [-0.15, -0.1) is 10.2 Å². The largest absolute Gasteiger partial charge is 0.378 e. The van der Waals surface area contributed by atoms with Crippen LogP contribution in [0.15, 0.2) is 22.0 Å². The predicted octanol–water partition coefficient (Wildman–Crippen LogP) is 1.46. The second-order valence-electron chi connectivity index (χ2n) is 5.61. The molecule has 3 heterocycles. The number of carbonyl (C=O) groups is 1. The number of thioether (sulfide) groups is 1. The van der Waals surface area contributed by atoms with Gasteiger partial charge in [0.25, 0.3) is 0 Å². The Kier molecular flexibility index (Phi) is 5.75. The van der Waals surface area contributed by atoms with Crippen LogP contribution in [0.25, 0.3) is 0 Å². The maximum atomic E-state index is 12.3. The third-order valence-corrected chi connectivity index (χ3v) is 5.59. The van der Waals surface area contributed by atoms with Gasteiger partial charge in [-0.2, -0.15) is 11.3 Å². The normalized spacial score (nSPS) is 14.8. The van der Waals surface area contributed by atoms with E-state index in [0.717, 1.165) is 29.8 Å². The van der Waals surface area contributed by atoms with Crippen molar-refractivity contribution >= 4 is 35.0 Å². The van der Waals surface area contributed by atoms with Gasteiger partial charge in [0.2, 0.25) is 11.9 Å². The number of anilines is 1. The second-order valence-corrected chi connectivity index (χ2v) is 7.33. The van der Waals surface area contributed by atoms with E-state index in [0.29, 0.717) is 25.5 Å². The summed E-state index contributed by atoms with van der Waals surface area (Å²) in [5, 5.41) is 13.3. The van der Waals surface area contributed by atoms with Gasteiger partial charge in [0.05, 0.1) is 19.0 Å². The molecule has 1 saturated heterocycles. The summed E-state index contributed by atoms with van der Waals surface area (Å²) < 4.78 is 7.31. The van der Waals surface area contributed by atoms with Crippen molar-refractivity contribution in [2.75, 3.05) is 44.0 Å². The highest BCUT2D eigenvalue weighted by Gasteiger charge is 2.19. The first-order valence-corrected chi connectivity index (χ1v) is 9.68. The molecule has 24 heavy (non-hydrogen) atoms. The lowest BCUT2D eigenvalue weighted by Crippen LogP contribution is -2.37. The zero-order valence-electron chi connectivity index (χ0n) is 13.8. The SMILES string of the molecule is CN(Cc1ccsc1)C(=O)CSc1nnc(N2CCOCC2)n1C. The van der Waals surface area contributed by atoms with Crippen LogP contribution in [0, 0.1) is 0 Å². The van der Waals surface area contributed by atoms with Crippen molar-refractivity contribution in [1.82, 2.24) is 19.7 Å². The molecular formula is C15H21N5O2S2. The Morgan fingerprint density at radius 1 is 1.42 bits per heavy atom. The van der Waals surface area contributed by atoms with Gasteiger partial charge in [0.1, 0.15) is 0 Å². The lowest BCUT2D eigenvalue weighted by Gasteiger charge is -2.27. The minimum absolute atomic E-state index is 0.0853. The minimum atomic E-state index is 0.0853. The summed E-state index contributed by atoms with van der Waals surface area (Å²) in [5.41, 5.74) is 1.16. The number of hydrogen-bond acceptors (Lipinski definition) is 7. The summed E-state index contributed by atoms with van der Waals surface area (Å²) in [6, 6.07) is 2.04. The molecule has 0 saturated carbocycles. The van der Waals surface area contributed by atoms with Crippen molar-refractivity contribution in [2.45, 2.75) is 11.7 Å². The molecule has 1 fully saturated rings. The summed E-state index contributed by atoms with van der Waals surface area (Å²) in [5.74, 6) is 1.28. The van der Waals surface area contributed by atoms with Crippen LogP contribution in [0.5, 0.6) is 0 Å². The van der Waals surface area contributed by atoms with Crippen LogP contribution >= 0.6 is 23.1 Å². The van der Waals surface area contributed by atoms with E-state index in [2.05, 4.69) is 20.5 Å². The zero-order chi connectivity index (χ0) is 16.9. The van der Waals surface area contributed by atoms with Crippen molar-refractivity contribution in [2.24, 2.45) is 7.05 Å². The Morgan fingerprint density at radius 2 is 2.21 bits per heavy atom. The molecule has 0 aliphatic carbocycles. The highest BCUT2D eigenvalue weighted by Crippen LogP contribution is 2.21. The van der Waals surface area contributed by atoms with E-state index >= 15 is 0 Å². The predicted molar refractivity (Wildman–Crippen MR) is 95.6 cm³/mol. The zero-order valence-corrected chi connectivity index (χ0v) is 15.5. The Labute approximate surface area is 149 Å². The molecule has 0 atom stereocenters. The molecule has 1 aliphatic rings. The van der Waals surface area contributed by atoms with Crippen LogP contribution < -0.4 is 4.90 Å². The Balaban J connectivity index is 1.54. The average molecular weight is 368 g/mol. The first-order valence-electron chi connectivity index (χ1n) is 7.75. The van der Waals surface area contributed by atoms with Crippen LogP contribution in [0.1, 0.15) is 5.56 Å². The summed E-state index contributed by atoms with van der Waals surface area (Å²) in [7, 11) is 3.77. The molecule has 0 N–H and O–H groups in total. The van der Waals surface area contributed by atoms with Crippen molar-refractivity contribution in [3.05, 3.63) is 22.4 Å². The van der Waals surface area contributed by atoms with Crippen molar-refractivity contribution < 1.29 is 9.53 Å². The van der Waals surface area contributed by atoms with Gasteiger partial charge in [-0.3, -0.25) is 9.36 Å². The average Bonchev–Trinajstić information content (AvgIpc) is 3.23. The molecule has 0 aromatic carbocycles. The number of morpholine rings is 1. The van der Waals surface area contributed by atoms with Crippen molar-refractivity contribution in [1.29, 1.82) is 0 Å². The van der Waals surface area contributed by atoms with Crippen LogP contribution in [0.3, 0.4) is 0 Å². The Hall–Kier alpha value is -1.58. The molecule has 1 aliphatic heterocycles. The van der Waals surface area contributed by atoms with E-state index in [1.165, 1.54) is 11.8 Å². The number of rotatable bonds is 6. The highest BCUT2D eigenvalue weighted by molar-refractivity contribution is 7.99. The van der Waals surface area contributed by atoms with E-state index in [1.54, 1.807) is 16.2 Å². The first kappa shape index (κ1) is 17.2. The molecule has 0 spiro atoms. The maximum Gasteiger partial charge on any atom is 0.233 e. The number of nitrogens with zero attached hydrogens (tertiary/aromatic N) is 5. The monoisotopic (exact) mass is 367 g/mol. The molecule has 0 bridgehead atoms. The van der Waals surface area contributed by atoms with Gasteiger partial charge in [0.15, 0.2) is 5.16 Å². The Bertz CT molecular complexity index is 667. The molecular weight excluding hydrogens is 346 g/mol. The van der Waals surface area contributed by atoms with Crippen LogP contribution in [0.2, 0.25) is 0 Å². The summed E-state index contributed by atoms with van der Waals surface area (Å²) >= 11 is 3.07. The van der Waals surface area contributed by atoms with Crippen LogP contribution in [-0.4, -0.2) is 64.7 Å². The van der Waals surface area contributed by atoms with E-state index in [4.69, 9.17) is 4.74 Å². The van der Waals surface area contributed by atoms with Crippen LogP contribution in [-0.2, 0) is 23.1 Å². The van der Waals surface area contributed by atoms with E-state index < -0.39 is 0 Å². The number of ether oxygens (including phenoxy) is 1. The second kappa shape index (κ2) is 8.00. The van der Waals surface area contributed by atoms with Gasteiger partial charge in [-0.1, -0.05) is 11.8 Å². The molecule has 2 aromatic rings. The Morgan fingerprint density at radius 3 is 2.92 bits per heavy atom. The number of carbonyl (C=O) groups excluding carboxylic acids is 1. The van der Waals surface area contributed by atoms with Crippen molar-refractivity contribution in [3.63, 3.8) is 0 Å². The van der Waals surface area contributed by atoms with E-state index in [1.807, 2.05) is 30.1 Å². The first-order chi connectivity index (χ1) is 11.6. The molecule has 1 amide bonds. The third kappa shape index (κ3) is 4.08. The van der Waals surface area contributed by atoms with Gasteiger partial charge < -0.3 is 14.5 Å². The highest BCUT2D eigenvalue weighted by atomic mass is 32.2. The molecule has 130 valence electrons. The number of aromatic nitrogens is 3. The standard InChI is InChI=1S/C15H21N5O2S2/c1-18(9-12-3-8-23-10-12)13(21)11-24-15-17-16-14(19(15)2)20-4-6-22-7-5-20/h3,8,10H,4-7,9,11H2,1-2H3. The lowest BCUT2D eigenvalue weighted by atomic mass is 10.3. The van der Waals surface area contributed by atoms with E-state index in [9.17, 15) is 4.79 Å². The minimum Gasteiger partial charge on any atom is -0.378 e. The van der Waals surface area contributed by atoms with E-state index in [-0.39, 0.29) is 5.91 Å². The van der Waals surface area contributed by atoms with Crippen LogP contribution in [0.4, 0.5) is 5.95 Å². The quantitative estimate of drug-likeness (QED) is 0.721. The summed E-state index contributed by atoms with van der Waals surface area (Å²) in [6.07, 6.45) is 0. The fourth-order valence-electron chi connectivity index (χ4n) is 2.45. The van der Waals surface area contributed by atoms with Gasteiger partial charge in [-0.05, 0) is 22.4 Å². The van der Waals surface area contributed by atoms with Gasteiger partial charge in [-0.25, -0.2) is 0 Å². The fourth-order valence-corrected chi connectivity index (χ4v) is 3.96. The van der Waals surface area contributed by atoms with Crippen molar-refractivity contribution in [3.8, 4) is 0 Å². The smallest absolute Gasteiger partial charge is 0.233 e. The molecule has 0 radical (unpaired) electrons. The number of hydrogen-bond donors (Lipinski definition) is 0. The molecule has 0 unspecified atom stereocenters. The molecule has 2 aromatic heterocycles. The number of amides is 1. The fraction of sp³-hybridized carbons (Fsp3) is 0.533. The third-order valence-electron chi connectivity index (χ3n) is 3.86. The summed E-state index contributed by atoms with van der Waals surface area (Å²) in [4.78, 5) is 16.2. The summed E-state index contributed by atoms with van der Waals surface area (Å²) in [6.45, 7) is 3.70. The topological polar surface area (TPSA) is 63.5 Å². The molecule has 3 rings (SSSR count). The van der Waals surface area contributed by atoms with Gasteiger partial charge >= 0.3 is 0 Å². The lowest BCUT2D eigenvalue weighted by molar-refractivity contribution is -0.127. The molecule has 9 heteroatoms. The maximum absolute atomic E-state index is 12.3. The molecule has 7 nitrogen and oxygen atoms in total.